The molecule has 0 bridgehead atoms. The number of ether oxygens (including phenoxy) is 2. The largest absolute Gasteiger partial charge is 0.493 e. The number of hydrogen-bond acceptors (Lipinski definition) is 7. The van der Waals surface area contributed by atoms with E-state index >= 15 is 0 Å². The molecule has 0 radical (unpaired) electrons. The van der Waals surface area contributed by atoms with Crippen molar-refractivity contribution >= 4 is 56.9 Å². The van der Waals surface area contributed by atoms with Crippen molar-refractivity contribution < 1.29 is 19.1 Å². The molecule has 2 aromatic heterocycles. The van der Waals surface area contributed by atoms with Crippen LogP contribution >= 0.6 is 11.8 Å². The Morgan fingerprint density at radius 1 is 0.949 bits per heavy atom. The molecule has 0 spiro atoms. The number of para-hydroxylation sites is 1. The summed E-state index contributed by atoms with van der Waals surface area (Å²) < 4.78 is 12.2. The van der Waals surface area contributed by atoms with Crippen LogP contribution in [0.3, 0.4) is 0 Å². The number of methoxy groups -OCH3 is 2. The molecule has 5 rings (SSSR count). The van der Waals surface area contributed by atoms with Gasteiger partial charge in [-0.1, -0.05) is 36.0 Å². The molecule has 0 fully saturated rings. The molecule has 2 amide bonds. The Bertz CT molecular complexity index is 1780. The van der Waals surface area contributed by atoms with Crippen molar-refractivity contribution in [2.45, 2.75) is 12.1 Å². The van der Waals surface area contributed by atoms with E-state index in [0.29, 0.717) is 44.8 Å². The van der Waals surface area contributed by atoms with Crippen LogP contribution in [0.4, 0.5) is 11.4 Å². The van der Waals surface area contributed by atoms with E-state index in [9.17, 15) is 14.4 Å². The van der Waals surface area contributed by atoms with Crippen molar-refractivity contribution in [1.29, 1.82) is 0 Å². The highest BCUT2D eigenvalue weighted by molar-refractivity contribution is 7.99. The molecule has 0 aliphatic carbocycles. The average molecular weight is 544 g/mol. The first-order valence-corrected chi connectivity index (χ1v) is 12.9. The number of hydrogen-bond donors (Lipinski definition) is 3. The number of thioether (sulfide) groups is 1. The van der Waals surface area contributed by atoms with E-state index in [1.807, 2.05) is 24.3 Å². The van der Waals surface area contributed by atoms with Crippen LogP contribution in [0.1, 0.15) is 6.92 Å². The molecule has 39 heavy (non-hydrogen) atoms. The summed E-state index contributed by atoms with van der Waals surface area (Å²) in [6, 6.07) is 19.5. The van der Waals surface area contributed by atoms with Crippen molar-refractivity contribution in [3.8, 4) is 17.2 Å². The average Bonchev–Trinajstić information content (AvgIpc) is 3.30. The number of benzene rings is 3. The van der Waals surface area contributed by atoms with Crippen molar-refractivity contribution in [1.82, 2.24) is 14.5 Å². The molecule has 3 N–H and O–H groups in total. The van der Waals surface area contributed by atoms with Gasteiger partial charge in [0.15, 0.2) is 16.7 Å². The summed E-state index contributed by atoms with van der Waals surface area (Å²) in [5.74, 6) is 0.446. The summed E-state index contributed by atoms with van der Waals surface area (Å²) in [6.45, 7) is 1.41. The second-order valence-electron chi connectivity index (χ2n) is 8.57. The van der Waals surface area contributed by atoms with E-state index in [2.05, 4.69) is 15.6 Å². The number of fused-ring (bicyclic) bond motifs is 3. The van der Waals surface area contributed by atoms with Crippen LogP contribution in [0.25, 0.3) is 27.6 Å². The van der Waals surface area contributed by atoms with E-state index in [1.165, 1.54) is 25.7 Å². The van der Waals surface area contributed by atoms with Gasteiger partial charge in [0.1, 0.15) is 11.0 Å². The van der Waals surface area contributed by atoms with Gasteiger partial charge in [0.25, 0.3) is 5.56 Å². The third kappa shape index (κ3) is 5.30. The smallest absolute Gasteiger partial charge is 0.283 e. The number of aromatic nitrogens is 3. The van der Waals surface area contributed by atoms with Gasteiger partial charge in [-0.3, -0.25) is 19.0 Å². The fraction of sp³-hybridized carbons (Fsp3) is 0.143. The summed E-state index contributed by atoms with van der Waals surface area (Å²) in [4.78, 5) is 46.1. The van der Waals surface area contributed by atoms with E-state index in [4.69, 9.17) is 14.5 Å². The van der Waals surface area contributed by atoms with Gasteiger partial charge in [0.2, 0.25) is 11.8 Å². The van der Waals surface area contributed by atoms with Crippen LogP contribution in [-0.4, -0.2) is 46.3 Å². The van der Waals surface area contributed by atoms with E-state index in [1.54, 1.807) is 42.5 Å². The first kappa shape index (κ1) is 25.9. The van der Waals surface area contributed by atoms with Gasteiger partial charge >= 0.3 is 0 Å². The summed E-state index contributed by atoms with van der Waals surface area (Å²) in [5, 5.41) is 6.66. The van der Waals surface area contributed by atoms with Crippen LogP contribution in [-0.2, 0) is 9.59 Å². The van der Waals surface area contributed by atoms with Crippen molar-refractivity contribution in [3.63, 3.8) is 0 Å². The number of nitrogens with zero attached hydrogens (tertiary/aromatic N) is 2. The standard InChI is InChI=1S/C28H25N5O5S/c1-16(34)29-17-7-6-8-18(13-17)30-24(35)15-39-28-32-25-20-9-4-5-10-21(20)31-26(25)27(36)33(28)19-11-12-22(37-2)23(14-19)38-3/h4-14,31H,15H2,1-3H3,(H,29,34)(H,30,35). The summed E-state index contributed by atoms with van der Waals surface area (Å²) in [7, 11) is 3.05. The Morgan fingerprint density at radius 2 is 1.69 bits per heavy atom. The molecular formula is C28H25N5O5S. The first-order chi connectivity index (χ1) is 18.9. The molecule has 10 nitrogen and oxygen atoms in total. The zero-order valence-corrected chi connectivity index (χ0v) is 22.2. The maximum Gasteiger partial charge on any atom is 0.283 e. The Labute approximate surface area is 227 Å². The fourth-order valence-corrected chi connectivity index (χ4v) is 5.04. The third-order valence-electron chi connectivity index (χ3n) is 5.92. The van der Waals surface area contributed by atoms with Crippen LogP contribution in [0, 0.1) is 0 Å². The normalized spacial score (nSPS) is 10.9. The zero-order chi connectivity index (χ0) is 27.5. The molecule has 0 aliphatic rings. The second kappa shape index (κ2) is 10.9. The number of H-pyrrole nitrogens is 1. The molecule has 0 unspecified atom stereocenters. The number of aromatic amines is 1. The number of amides is 2. The van der Waals surface area contributed by atoms with Crippen LogP contribution in [0.5, 0.6) is 11.5 Å². The molecular weight excluding hydrogens is 518 g/mol. The summed E-state index contributed by atoms with van der Waals surface area (Å²) in [6.07, 6.45) is 0. The minimum absolute atomic E-state index is 0.0159. The molecule has 0 saturated heterocycles. The van der Waals surface area contributed by atoms with Gasteiger partial charge in [-0.2, -0.15) is 0 Å². The minimum Gasteiger partial charge on any atom is -0.493 e. The number of rotatable bonds is 8. The van der Waals surface area contributed by atoms with Gasteiger partial charge < -0.3 is 25.1 Å². The maximum absolute atomic E-state index is 13.8. The molecule has 0 saturated carbocycles. The van der Waals surface area contributed by atoms with E-state index in [-0.39, 0.29) is 23.1 Å². The van der Waals surface area contributed by atoms with Gasteiger partial charge in [0, 0.05) is 35.3 Å². The van der Waals surface area contributed by atoms with Crippen LogP contribution in [0.2, 0.25) is 0 Å². The lowest BCUT2D eigenvalue weighted by Crippen LogP contribution is -2.23. The topological polar surface area (TPSA) is 127 Å². The Morgan fingerprint density at radius 3 is 2.44 bits per heavy atom. The third-order valence-corrected chi connectivity index (χ3v) is 6.86. The molecule has 2 heterocycles. The lowest BCUT2D eigenvalue weighted by Gasteiger charge is -2.14. The minimum atomic E-state index is -0.311. The van der Waals surface area contributed by atoms with Crippen LogP contribution < -0.4 is 25.7 Å². The van der Waals surface area contributed by atoms with Gasteiger partial charge in [-0.25, -0.2) is 4.98 Å². The number of carbonyl (C=O) groups excluding carboxylic acids is 2. The SMILES string of the molecule is COc1ccc(-n2c(SCC(=O)Nc3cccc(NC(C)=O)c3)nc3c([nH]c4ccccc43)c2=O)cc1OC. The monoisotopic (exact) mass is 543 g/mol. The molecule has 0 atom stereocenters. The first-order valence-electron chi connectivity index (χ1n) is 11.9. The number of nitrogens with one attached hydrogen (secondary N) is 3. The summed E-state index contributed by atoms with van der Waals surface area (Å²) in [5.41, 5.74) is 2.97. The zero-order valence-electron chi connectivity index (χ0n) is 21.4. The predicted octanol–water partition coefficient (Wildman–Crippen LogP) is 4.57. The lowest BCUT2D eigenvalue weighted by atomic mass is 10.2. The lowest BCUT2D eigenvalue weighted by molar-refractivity contribution is -0.114. The van der Waals surface area contributed by atoms with Gasteiger partial charge in [-0.05, 0) is 36.4 Å². The van der Waals surface area contributed by atoms with E-state index in [0.717, 1.165) is 22.7 Å². The highest BCUT2D eigenvalue weighted by atomic mass is 32.2. The second-order valence-corrected chi connectivity index (χ2v) is 9.51. The predicted molar refractivity (Wildman–Crippen MR) is 152 cm³/mol. The van der Waals surface area contributed by atoms with Crippen molar-refractivity contribution in [3.05, 3.63) is 77.1 Å². The maximum atomic E-state index is 13.8. The van der Waals surface area contributed by atoms with Crippen molar-refractivity contribution in [2.75, 3.05) is 30.6 Å². The van der Waals surface area contributed by atoms with E-state index < -0.39 is 0 Å². The Hall–Kier alpha value is -4.77. The highest BCUT2D eigenvalue weighted by Crippen LogP contribution is 2.31. The quantitative estimate of drug-likeness (QED) is 0.193. The Kier molecular flexibility index (Phi) is 7.24. The molecule has 11 heteroatoms. The number of anilines is 2. The Balaban J connectivity index is 1.52. The highest BCUT2D eigenvalue weighted by Gasteiger charge is 2.19. The van der Waals surface area contributed by atoms with Crippen LogP contribution in [0.15, 0.2) is 76.7 Å². The molecule has 0 aliphatic heterocycles. The molecule has 3 aromatic carbocycles. The molecule has 198 valence electrons. The van der Waals surface area contributed by atoms with Crippen molar-refractivity contribution in [2.24, 2.45) is 0 Å². The fourth-order valence-electron chi connectivity index (χ4n) is 4.24. The van der Waals surface area contributed by atoms with Gasteiger partial charge in [-0.15, -0.1) is 0 Å². The number of carbonyl (C=O) groups is 2. The van der Waals surface area contributed by atoms with Gasteiger partial charge in [0.05, 0.1) is 25.7 Å². The summed E-state index contributed by atoms with van der Waals surface area (Å²) >= 11 is 1.13. The molecule has 5 aromatic rings.